The molecule has 27 heavy (non-hydrogen) atoms. The molecule has 0 aromatic heterocycles. The number of hydrogen-bond donors (Lipinski definition) is 0. The lowest BCUT2D eigenvalue weighted by Gasteiger charge is -2.41. The van der Waals surface area contributed by atoms with Crippen LogP contribution in [0.25, 0.3) is 0 Å². The molecule has 0 N–H and O–H groups in total. The Hall–Kier alpha value is -0.933. The Bertz CT molecular complexity index is 783. The van der Waals surface area contributed by atoms with Gasteiger partial charge in [0.1, 0.15) is 8.24 Å². The molecule has 3 aliphatic rings. The zero-order valence-corrected chi connectivity index (χ0v) is 19.8. The molecule has 1 aromatic carbocycles. The van der Waals surface area contributed by atoms with Crippen LogP contribution in [0.2, 0.25) is 19.6 Å². The van der Waals surface area contributed by atoms with Crippen molar-refractivity contribution in [2.45, 2.75) is 57.8 Å². The van der Waals surface area contributed by atoms with Crippen LogP contribution in [-0.4, -0.2) is 26.3 Å². The van der Waals surface area contributed by atoms with Gasteiger partial charge in [-0.25, -0.2) is 0 Å². The van der Waals surface area contributed by atoms with Crippen molar-refractivity contribution in [3.05, 3.63) is 53.6 Å². The van der Waals surface area contributed by atoms with Crippen LogP contribution in [0, 0.1) is 17.8 Å². The van der Waals surface area contributed by atoms with Crippen LogP contribution in [0.3, 0.4) is 0 Å². The molecular formula is C24H35NSSi. The third-order valence-corrected chi connectivity index (χ3v) is 9.54. The molecule has 1 saturated carbocycles. The topological polar surface area (TPSA) is 3.24 Å². The number of rotatable bonds is 3. The highest BCUT2D eigenvalue weighted by atomic mass is 32.2. The van der Waals surface area contributed by atoms with E-state index in [1.807, 2.05) is 11.8 Å². The van der Waals surface area contributed by atoms with Crippen LogP contribution >= 0.6 is 11.8 Å². The van der Waals surface area contributed by atoms with E-state index in [2.05, 4.69) is 93.7 Å². The minimum absolute atomic E-state index is 0.206. The lowest BCUT2D eigenvalue weighted by Crippen LogP contribution is -2.52. The first-order chi connectivity index (χ1) is 12.6. The van der Waals surface area contributed by atoms with Crippen molar-refractivity contribution in [1.29, 1.82) is 0 Å². The average molecular weight is 398 g/mol. The van der Waals surface area contributed by atoms with E-state index in [1.54, 1.807) is 11.3 Å². The largest absolute Gasteiger partial charge is 0.394 e. The molecule has 4 rings (SSSR count). The fraction of sp³-hybridized carbons (Fsp3) is 0.583. The Morgan fingerprint density at radius 1 is 1.04 bits per heavy atom. The molecule has 1 fully saturated rings. The molecule has 1 heterocycles. The number of fused-ring (bicyclic) bond motifs is 5. The van der Waals surface area contributed by atoms with Crippen molar-refractivity contribution in [3.63, 3.8) is 0 Å². The second kappa shape index (κ2) is 6.55. The maximum Gasteiger partial charge on any atom is 0.147 e. The van der Waals surface area contributed by atoms with Gasteiger partial charge < -0.3 is 4.57 Å². The van der Waals surface area contributed by atoms with Crippen LogP contribution in [-0.2, 0) is 5.41 Å². The molecule has 0 amide bonds. The van der Waals surface area contributed by atoms with Gasteiger partial charge >= 0.3 is 0 Å². The SMILES string of the molecule is CSCC1C2C=CC=CC2C2C1c1cc(C(C)(C)C)ccc1N2[Si](C)(C)C. The summed E-state index contributed by atoms with van der Waals surface area (Å²) in [5.41, 5.74) is 4.88. The van der Waals surface area contributed by atoms with Gasteiger partial charge in [-0.2, -0.15) is 11.8 Å². The van der Waals surface area contributed by atoms with E-state index in [-0.39, 0.29) is 5.41 Å². The molecule has 3 heteroatoms. The van der Waals surface area contributed by atoms with Crippen molar-refractivity contribution in [1.82, 2.24) is 0 Å². The molecule has 5 unspecified atom stereocenters. The second-order valence-corrected chi connectivity index (χ2v) is 16.4. The monoisotopic (exact) mass is 397 g/mol. The highest BCUT2D eigenvalue weighted by Crippen LogP contribution is 2.60. The number of allylic oxidation sites excluding steroid dienone is 3. The summed E-state index contributed by atoms with van der Waals surface area (Å²) in [7, 11) is -1.48. The molecule has 1 nitrogen and oxygen atoms in total. The minimum Gasteiger partial charge on any atom is -0.394 e. The Kier molecular flexibility index (Phi) is 4.71. The number of thioether (sulfide) groups is 1. The van der Waals surface area contributed by atoms with E-state index < -0.39 is 8.24 Å². The van der Waals surface area contributed by atoms with E-state index in [0.29, 0.717) is 23.8 Å². The van der Waals surface area contributed by atoms with Crippen molar-refractivity contribution in [3.8, 4) is 0 Å². The van der Waals surface area contributed by atoms with Gasteiger partial charge in [0.25, 0.3) is 0 Å². The maximum absolute atomic E-state index is 2.90. The van der Waals surface area contributed by atoms with Gasteiger partial charge in [-0.3, -0.25) is 0 Å². The van der Waals surface area contributed by atoms with Crippen molar-refractivity contribution in [2.24, 2.45) is 17.8 Å². The van der Waals surface area contributed by atoms with Crippen LogP contribution in [0.5, 0.6) is 0 Å². The second-order valence-electron chi connectivity index (χ2n) is 10.6. The summed E-state index contributed by atoms with van der Waals surface area (Å²) in [6.07, 6.45) is 11.9. The summed E-state index contributed by atoms with van der Waals surface area (Å²) in [5, 5.41) is 0. The molecule has 5 atom stereocenters. The first-order valence-corrected chi connectivity index (χ1v) is 15.3. The van der Waals surface area contributed by atoms with Gasteiger partial charge in [-0.05, 0) is 46.5 Å². The van der Waals surface area contributed by atoms with E-state index in [9.17, 15) is 0 Å². The number of hydrogen-bond acceptors (Lipinski definition) is 2. The lowest BCUT2D eigenvalue weighted by molar-refractivity contribution is 0.435. The van der Waals surface area contributed by atoms with Gasteiger partial charge in [0.15, 0.2) is 0 Å². The fourth-order valence-electron chi connectivity index (χ4n) is 5.77. The summed E-state index contributed by atoms with van der Waals surface area (Å²) < 4.78 is 2.90. The smallest absolute Gasteiger partial charge is 0.147 e. The van der Waals surface area contributed by atoms with Gasteiger partial charge in [0, 0.05) is 23.6 Å². The van der Waals surface area contributed by atoms with Gasteiger partial charge in [-0.1, -0.05) is 76.8 Å². The lowest BCUT2D eigenvalue weighted by atomic mass is 9.81. The van der Waals surface area contributed by atoms with E-state index >= 15 is 0 Å². The molecular weight excluding hydrogens is 362 g/mol. The van der Waals surface area contributed by atoms with E-state index in [4.69, 9.17) is 0 Å². The molecule has 1 aliphatic heterocycles. The highest BCUT2D eigenvalue weighted by Gasteiger charge is 2.57. The predicted molar refractivity (Wildman–Crippen MR) is 125 cm³/mol. The molecule has 0 radical (unpaired) electrons. The van der Waals surface area contributed by atoms with E-state index in [0.717, 1.165) is 5.92 Å². The summed E-state index contributed by atoms with van der Waals surface area (Å²) in [5.74, 6) is 4.03. The van der Waals surface area contributed by atoms with Gasteiger partial charge in [0.2, 0.25) is 0 Å². The summed E-state index contributed by atoms with van der Waals surface area (Å²) in [6, 6.07) is 8.07. The number of anilines is 1. The average Bonchev–Trinajstić information content (AvgIpc) is 3.07. The van der Waals surface area contributed by atoms with Crippen LogP contribution in [0.4, 0.5) is 5.69 Å². The summed E-state index contributed by atoms with van der Waals surface area (Å²) in [4.78, 5) is 0. The fourth-order valence-corrected chi connectivity index (χ4v) is 8.74. The van der Waals surface area contributed by atoms with Crippen LogP contribution in [0.1, 0.15) is 37.8 Å². The van der Waals surface area contributed by atoms with Crippen molar-refractivity contribution in [2.75, 3.05) is 16.6 Å². The minimum atomic E-state index is -1.48. The molecule has 0 spiro atoms. The molecule has 146 valence electrons. The number of benzene rings is 1. The number of nitrogens with zero attached hydrogens (tertiary/aromatic N) is 1. The molecule has 1 aromatic rings. The molecule has 2 aliphatic carbocycles. The summed E-state index contributed by atoms with van der Waals surface area (Å²) >= 11 is 2.03. The van der Waals surface area contributed by atoms with Crippen molar-refractivity contribution >= 4 is 25.7 Å². The zero-order chi connectivity index (χ0) is 19.6. The van der Waals surface area contributed by atoms with E-state index in [1.165, 1.54) is 11.3 Å². The standard InChI is InChI=1S/C24H35NSSi/c1-24(2,3)16-12-13-21-19(14-16)22-20(15-26-4)17-10-8-9-11-18(17)23(22)25(21)27(5,6)7/h8-14,17-18,20,22-23H,15H2,1-7H3. The quantitative estimate of drug-likeness (QED) is 0.540. The van der Waals surface area contributed by atoms with Gasteiger partial charge in [-0.15, -0.1) is 0 Å². The normalized spacial score (nSPS) is 31.8. The predicted octanol–water partition coefficient (Wildman–Crippen LogP) is 6.44. The first-order valence-electron chi connectivity index (χ1n) is 10.4. The third-order valence-electron chi connectivity index (χ3n) is 6.83. The Labute approximate surface area is 171 Å². The summed E-state index contributed by atoms with van der Waals surface area (Å²) in [6.45, 7) is 14.6. The Morgan fingerprint density at radius 2 is 1.70 bits per heavy atom. The highest BCUT2D eigenvalue weighted by molar-refractivity contribution is 7.98. The third kappa shape index (κ3) is 3.06. The molecule has 0 saturated heterocycles. The first kappa shape index (κ1) is 19.4. The Morgan fingerprint density at radius 3 is 2.30 bits per heavy atom. The molecule has 0 bridgehead atoms. The van der Waals surface area contributed by atoms with Crippen LogP contribution in [0.15, 0.2) is 42.5 Å². The maximum atomic E-state index is 2.90. The van der Waals surface area contributed by atoms with Gasteiger partial charge in [0.05, 0.1) is 0 Å². The van der Waals surface area contributed by atoms with Crippen molar-refractivity contribution < 1.29 is 0 Å². The zero-order valence-electron chi connectivity index (χ0n) is 18.0. The Balaban J connectivity index is 1.90. The van der Waals surface area contributed by atoms with Crippen LogP contribution < -0.4 is 4.57 Å².